The van der Waals surface area contributed by atoms with Crippen LogP contribution in [0.5, 0.6) is 0 Å². The average Bonchev–Trinajstić information content (AvgIpc) is 2.87. The number of nitrogens with one attached hydrogen (secondary N) is 1. The minimum absolute atomic E-state index is 0.0524. The van der Waals surface area contributed by atoms with Gasteiger partial charge in [0.2, 0.25) is 15.9 Å². The smallest absolute Gasteiger partial charge is 0.250 e. The minimum atomic E-state index is -3.52. The van der Waals surface area contributed by atoms with Crippen LogP contribution in [0.3, 0.4) is 0 Å². The fourth-order valence-corrected chi connectivity index (χ4v) is 4.86. The van der Waals surface area contributed by atoms with Gasteiger partial charge in [-0.15, -0.1) is 11.3 Å². The predicted octanol–water partition coefficient (Wildman–Crippen LogP) is 1.04. The Bertz CT molecular complexity index is 567. The number of nitrogens with zero attached hydrogens (tertiary/aromatic N) is 1. The van der Waals surface area contributed by atoms with Crippen LogP contribution in [0.4, 0.5) is 0 Å². The van der Waals surface area contributed by atoms with Crippen molar-refractivity contribution in [3.63, 3.8) is 0 Å². The molecule has 1 N–H and O–H groups in total. The van der Waals surface area contributed by atoms with Gasteiger partial charge in [-0.2, -0.15) is 0 Å². The van der Waals surface area contributed by atoms with E-state index in [1.165, 1.54) is 6.07 Å². The lowest BCUT2D eigenvalue weighted by Gasteiger charge is -2.26. The highest BCUT2D eigenvalue weighted by atomic mass is 79.9. The zero-order valence-electron chi connectivity index (χ0n) is 10.7. The maximum Gasteiger partial charge on any atom is 0.250 e. The van der Waals surface area contributed by atoms with Crippen LogP contribution in [0, 0.1) is 0 Å². The Morgan fingerprint density at radius 1 is 1.40 bits per heavy atom. The van der Waals surface area contributed by atoms with Gasteiger partial charge in [-0.05, 0) is 28.1 Å². The molecule has 1 aliphatic rings. The molecular weight excluding hydrogens is 368 g/mol. The summed E-state index contributed by atoms with van der Waals surface area (Å²) in [6.45, 7) is 2.34. The standard InChI is InChI=1S/C11H15BrN2O4S2/c12-9-1-2-11(19-9)20(16,17)13-4-3-10(15)14-5-7-18-8-6-14/h1-2,13H,3-8H2. The predicted molar refractivity (Wildman–Crippen MR) is 79.2 cm³/mol. The van der Waals surface area contributed by atoms with Crippen LogP contribution >= 0.6 is 27.3 Å². The van der Waals surface area contributed by atoms with Crippen LogP contribution in [0.15, 0.2) is 20.1 Å². The van der Waals surface area contributed by atoms with Gasteiger partial charge >= 0.3 is 0 Å². The second-order valence-corrected chi connectivity index (χ2v) is 8.66. The monoisotopic (exact) mass is 382 g/mol. The van der Waals surface area contributed by atoms with E-state index in [9.17, 15) is 13.2 Å². The SMILES string of the molecule is O=C(CCNS(=O)(=O)c1ccc(Br)s1)N1CCOCC1. The summed E-state index contributed by atoms with van der Waals surface area (Å²) in [5.41, 5.74) is 0. The van der Waals surface area contributed by atoms with E-state index >= 15 is 0 Å². The second-order valence-electron chi connectivity index (χ2n) is 4.20. The lowest BCUT2D eigenvalue weighted by Crippen LogP contribution is -2.41. The number of amides is 1. The van der Waals surface area contributed by atoms with Crippen molar-refractivity contribution in [2.45, 2.75) is 10.6 Å². The summed E-state index contributed by atoms with van der Waals surface area (Å²) in [4.78, 5) is 13.5. The second kappa shape index (κ2) is 6.99. The lowest BCUT2D eigenvalue weighted by molar-refractivity contribution is -0.135. The molecule has 0 spiro atoms. The first kappa shape index (κ1) is 15.9. The van der Waals surface area contributed by atoms with Crippen molar-refractivity contribution in [3.8, 4) is 0 Å². The Balaban J connectivity index is 1.81. The van der Waals surface area contributed by atoms with Crippen molar-refractivity contribution in [2.24, 2.45) is 0 Å². The molecule has 1 fully saturated rings. The first-order valence-electron chi connectivity index (χ1n) is 6.09. The zero-order valence-corrected chi connectivity index (χ0v) is 13.9. The Hall–Kier alpha value is -0.480. The number of halogens is 1. The Labute approximate surface area is 130 Å². The average molecular weight is 383 g/mol. The topological polar surface area (TPSA) is 75.7 Å². The van der Waals surface area contributed by atoms with Gasteiger partial charge in [0.1, 0.15) is 4.21 Å². The van der Waals surface area contributed by atoms with E-state index in [1.807, 2.05) is 0 Å². The van der Waals surface area contributed by atoms with Gasteiger partial charge in [0.25, 0.3) is 0 Å². The number of ether oxygens (including phenoxy) is 1. The summed E-state index contributed by atoms with van der Waals surface area (Å²) in [5, 5.41) is 0. The summed E-state index contributed by atoms with van der Waals surface area (Å²) in [7, 11) is -3.52. The molecule has 1 aliphatic heterocycles. The van der Waals surface area contributed by atoms with Gasteiger partial charge in [-0.3, -0.25) is 4.79 Å². The molecule has 0 radical (unpaired) electrons. The molecule has 6 nitrogen and oxygen atoms in total. The van der Waals surface area contributed by atoms with Crippen molar-refractivity contribution in [1.82, 2.24) is 9.62 Å². The molecule has 2 heterocycles. The number of morpholine rings is 1. The number of rotatable bonds is 5. The largest absolute Gasteiger partial charge is 0.378 e. The van der Waals surface area contributed by atoms with E-state index in [4.69, 9.17) is 4.74 Å². The summed E-state index contributed by atoms with van der Waals surface area (Å²) in [6.07, 6.45) is 0.159. The summed E-state index contributed by atoms with van der Waals surface area (Å²) in [6, 6.07) is 3.21. The molecule has 1 aromatic rings. The third-order valence-corrected chi connectivity index (χ3v) is 6.38. The molecule has 20 heavy (non-hydrogen) atoms. The molecule has 0 aliphatic carbocycles. The third-order valence-electron chi connectivity index (χ3n) is 2.81. The lowest BCUT2D eigenvalue weighted by atomic mass is 10.3. The highest BCUT2D eigenvalue weighted by Crippen LogP contribution is 2.25. The van der Waals surface area contributed by atoms with Crippen LogP contribution in [-0.2, 0) is 19.6 Å². The van der Waals surface area contributed by atoms with Crippen molar-refractivity contribution in [2.75, 3.05) is 32.8 Å². The van der Waals surface area contributed by atoms with Gasteiger partial charge in [0.15, 0.2) is 0 Å². The molecule has 112 valence electrons. The number of hydrogen-bond acceptors (Lipinski definition) is 5. The summed E-state index contributed by atoms with van der Waals surface area (Å²) in [5.74, 6) is -0.0524. The van der Waals surface area contributed by atoms with Gasteiger partial charge in [0.05, 0.1) is 17.0 Å². The van der Waals surface area contributed by atoms with Gasteiger partial charge in [-0.25, -0.2) is 13.1 Å². The molecule has 1 aromatic heterocycles. The highest BCUT2D eigenvalue weighted by Gasteiger charge is 2.19. The third kappa shape index (κ3) is 4.26. The van der Waals surface area contributed by atoms with Crippen molar-refractivity contribution >= 4 is 43.2 Å². The summed E-state index contributed by atoms with van der Waals surface area (Å²) >= 11 is 4.36. The van der Waals surface area contributed by atoms with Crippen LogP contribution in [0.2, 0.25) is 0 Å². The molecular formula is C11H15BrN2O4S2. The normalized spacial score (nSPS) is 16.4. The molecule has 9 heteroatoms. The maximum absolute atomic E-state index is 11.9. The van der Waals surface area contributed by atoms with E-state index in [-0.39, 0.29) is 23.1 Å². The Morgan fingerprint density at radius 2 is 2.10 bits per heavy atom. The Morgan fingerprint density at radius 3 is 2.70 bits per heavy atom. The molecule has 1 amide bonds. The van der Waals surface area contributed by atoms with Crippen molar-refractivity contribution < 1.29 is 17.9 Å². The van der Waals surface area contributed by atoms with Crippen LogP contribution in [0.1, 0.15) is 6.42 Å². The van der Waals surface area contributed by atoms with Gasteiger partial charge in [0, 0.05) is 26.1 Å². The van der Waals surface area contributed by atoms with E-state index in [0.717, 1.165) is 15.1 Å². The minimum Gasteiger partial charge on any atom is -0.378 e. The van der Waals surface area contributed by atoms with E-state index in [0.29, 0.717) is 26.3 Å². The quantitative estimate of drug-likeness (QED) is 0.825. The number of carbonyl (C=O) groups is 1. The van der Waals surface area contributed by atoms with E-state index < -0.39 is 10.0 Å². The molecule has 0 bridgehead atoms. The molecule has 0 saturated carbocycles. The summed E-state index contributed by atoms with van der Waals surface area (Å²) < 4.78 is 32.5. The first-order chi connectivity index (χ1) is 9.49. The van der Waals surface area contributed by atoms with Crippen molar-refractivity contribution in [1.29, 1.82) is 0 Å². The molecule has 2 rings (SSSR count). The zero-order chi connectivity index (χ0) is 14.6. The maximum atomic E-state index is 11.9. The molecule has 0 atom stereocenters. The van der Waals surface area contributed by atoms with Crippen LogP contribution in [0.25, 0.3) is 0 Å². The Kier molecular flexibility index (Phi) is 5.56. The van der Waals surface area contributed by atoms with Crippen molar-refractivity contribution in [3.05, 3.63) is 15.9 Å². The van der Waals surface area contributed by atoms with Gasteiger partial charge < -0.3 is 9.64 Å². The first-order valence-corrected chi connectivity index (χ1v) is 9.19. The molecule has 1 saturated heterocycles. The van der Waals surface area contributed by atoms with Crippen LogP contribution in [-0.4, -0.2) is 52.1 Å². The number of carbonyl (C=O) groups excluding carboxylic acids is 1. The number of thiophene rings is 1. The fraction of sp³-hybridized carbons (Fsp3) is 0.545. The fourth-order valence-electron chi connectivity index (χ4n) is 1.78. The highest BCUT2D eigenvalue weighted by molar-refractivity contribution is 9.11. The number of sulfonamides is 1. The molecule has 0 aromatic carbocycles. The van der Waals surface area contributed by atoms with E-state index in [1.54, 1.807) is 11.0 Å². The van der Waals surface area contributed by atoms with E-state index in [2.05, 4.69) is 20.7 Å². The van der Waals surface area contributed by atoms with Crippen LogP contribution < -0.4 is 4.72 Å². The van der Waals surface area contributed by atoms with Gasteiger partial charge in [-0.1, -0.05) is 0 Å². The number of hydrogen-bond donors (Lipinski definition) is 1. The molecule has 0 unspecified atom stereocenters.